The first-order valence-electron chi connectivity index (χ1n) is 13.2. The largest absolute Gasteiger partial charge is 0.381 e. The molecule has 0 unspecified atom stereocenters. The molecular formula is C26H34N10O2. The van der Waals surface area contributed by atoms with Crippen LogP contribution in [0.3, 0.4) is 0 Å². The second-order valence-corrected chi connectivity index (χ2v) is 10.6. The van der Waals surface area contributed by atoms with Gasteiger partial charge in [0.1, 0.15) is 23.8 Å². The van der Waals surface area contributed by atoms with Gasteiger partial charge in [-0.25, -0.2) is 9.97 Å². The van der Waals surface area contributed by atoms with Crippen molar-refractivity contribution in [2.75, 3.05) is 54.4 Å². The van der Waals surface area contributed by atoms with Crippen molar-refractivity contribution in [2.24, 2.45) is 16.1 Å². The lowest BCUT2D eigenvalue weighted by atomic mass is 9.94. The van der Waals surface area contributed by atoms with E-state index in [1.807, 2.05) is 12.1 Å². The van der Waals surface area contributed by atoms with Crippen LogP contribution in [0.25, 0.3) is 0 Å². The quantitative estimate of drug-likeness (QED) is 0.589. The summed E-state index contributed by atoms with van der Waals surface area (Å²) in [5, 5.41) is 30.8. The average Bonchev–Trinajstić information content (AvgIpc) is 2.93. The fourth-order valence-electron chi connectivity index (χ4n) is 5.07. The number of hydrogen-bond acceptors (Lipinski definition) is 11. The van der Waals surface area contributed by atoms with Gasteiger partial charge in [0.2, 0.25) is 5.95 Å². The Morgan fingerprint density at radius 1 is 1.08 bits per heavy atom. The van der Waals surface area contributed by atoms with E-state index in [1.54, 1.807) is 11.1 Å². The Labute approximate surface area is 222 Å². The zero-order valence-corrected chi connectivity index (χ0v) is 22.0. The summed E-state index contributed by atoms with van der Waals surface area (Å²) in [7, 11) is 0. The van der Waals surface area contributed by atoms with Crippen molar-refractivity contribution in [3.63, 3.8) is 0 Å². The summed E-state index contributed by atoms with van der Waals surface area (Å²) in [4.78, 5) is 32.7. The number of rotatable bonds is 6. The van der Waals surface area contributed by atoms with Gasteiger partial charge < -0.3 is 25.1 Å². The van der Waals surface area contributed by atoms with Crippen LogP contribution in [0.5, 0.6) is 0 Å². The third-order valence-electron chi connectivity index (χ3n) is 7.33. The number of hydrogen-bond donors (Lipinski definition) is 2. The molecule has 2 aromatic rings. The number of piperidine rings is 1. The number of aliphatic hydroxyl groups is 1. The molecule has 38 heavy (non-hydrogen) atoms. The van der Waals surface area contributed by atoms with Crippen LogP contribution >= 0.6 is 0 Å². The van der Waals surface area contributed by atoms with Crippen molar-refractivity contribution < 1.29 is 9.90 Å². The third kappa shape index (κ3) is 5.67. The zero-order valence-electron chi connectivity index (χ0n) is 22.0. The van der Waals surface area contributed by atoms with Crippen LogP contribution in [-0.2, 0) is 17.9 Å². The first-order chi connectivity index (χ1) is 18.3. The van der Waals surface area contributed by atoms with Gasteiger partial charge in [-0.05, 0) is 44.7 Å². The zero-order chi connectivity index (χ0) is 26.7. The second kappa shape index (κ2) is 10.9. The summed E-state index contributed by atoms with van der Waals surface area (Å²) < 4.78 is 0. The van der Waals surface area contributed by atoms with E-state index in [0.29, 0.717) is 57.6 Å². The van der Waals surface area contributed by atoms with Crippen molar-refractivity contribution in [3.05, 3.63) is 29.6 Å². The summed E-state index contributed by atoms with van der Waals surface area (Å²) in [5.41, 5.74) is 1.28. The Balaban J connectivity index is 1.27. The highest BCUT2D eigenvalue weighted by atomic mass is 16.3. The van der Waals surface area contributed by atoms with E-state index in [4.69, 9.17) is 15.2 Å². The highest BCUT2D eigenvalue weighted by molar-refractivity contribution is 5.84. The number of carbonyl (C=O) groups is 1. The predicted octanol–water partition coefficient (Wildman–Crippen LogP) is 2.63. The molecule has 2 aromatic heterocycles. The summed E-state index contributed by atoms with van der Waals surface area (Å²) >= 11 is 0. The lowest BCUT2D eigenvalue weighted by Gasteiger charge is -2.37. The van der Waals surface area contributed by atoms with E-state index >= 15 is 0 Å². The number of piperazine rings is 1. The SMILES string of the molecule is CC(C)(O)C(=O)N1CCN(c2ccc(Nc3nc(N4CCC(CC#N)CC4)nc4c3CN=NC4)cn2)CC1. The predicted molar refractivity (Wildman–Crippen MR) is 142 cm³/mol. The number of azo groups is 1. The summed E-state index contributed by atoms with van der Waals surface area (Å²) in [6.45, 7) is 7.97. The van der Waals surface area contributed by atoms with E-state index in [2.05, 4.69) is 36.4 Å². The number of nitrogens with zero attached hydrogens (tertiary/aromatic N) is 9. The van der Waals surface area contributed by atoms with Crippen molar-refractivity contribution in [1.29, 1.82) is 5.26 Å². The van der Waals surface area contributed by atoms with Crippen molar-refractivity contribution in [3.8, 4) is 6.07 Å². The maximum absolute atomic E-state index is 12.3. The van der Waals surface area contributed by atoms with Gasteiger partial charge in [0.05, 0.1) is 30.2 Å². The second-order valence-electron chi connectivity index (χ2n) is 10.6. The molecule has 0 atom stereocenters. The van der Waals surface area contributed by atoms with Crippen LogP contribution in [0, 0.1) is 17.2 Å². The molecule has 0 radical (unpaired) electrons. The lowest BCUT2D eigenvalue weighted by molar-refractivity contribution is -0.148. The van der Waals surface area contributed by atoms with E-state index in [0.717, 1.165) is 54.5 Å². The molecule has 12 nitrogen and oxygen atoms in total. The fourth-order valence-corrected chi connectivity index (χ4v) is 5.07. The smallest absolute Gasteiger partial charge is 0.254 e. The Bertz CT molecular complexity index is 1220. The number of carbonyl (C=O) groups excluding carboxylic acids is 1. The first kappa shape index (κ1) is 25.8. The summed E-state index contributed by atoms with van der Waals surface area (Å²) in [6, 6.07) is 6.23. The van der Waals surface area contributed by atoms with E-state index in [1.165, 1.54) is 13.8 Å². The van der Waals surface area contributed by atoms with Gasteiger partial charge in [-0.15, -0.1) is 0 Å². The van der Waals surface area contributed by atoms with Gasteiger partial charge in [-0.3, -0.25) is 4.79 Å². The summed E-state index contributed by atoms with van der Waals surface area (Å²) in [6.07, 6.45) is 4.31. The van der Waals surface area contributed by atoms with Gasteiger partial charge in [-0.2, -0.15) is 20.5 Å². The van der Waals surface area contributed by atoms with Gasteiger partial charge >= 0.3 is 0 Å². The van der Waals surface area contributed by atoms with Crippen molar-refractivity contribution >= 4 is 29.2 Å². The Kier molecular flexibility index (Phi) is 7.37. The fraction of sp³-hybridized carbons (Fsp3) is 0.577. The molecule has 0 bridgehead atoms. The van der Waals surface area contributed by atoms with Crippen molar-refractivity contribution in [2.45, 2.75) is 51.8 Å². The number of amides is 1. The molecule has 1 amide bonds. The maximum atomic E-state index is 12.3. The Hall–Kier alpha value is -3.85. The molecule has 5 rings (SSSR count). The Morgan fingerprint density at radius 3 is 2.47 bits per heavy atom. The molecule has 0 aliphatic carbocycles. The maximum Gasteiger partial charge on any atom is 0.254 e. The molecule has 3 aliphatic heterocycles. The monoisotopic (exact) mass is 518 g/mol. The molecule has 2 fully saturated rings. The van der Waals surface area contributed by atoms with E-state index < -0.39 is 5.60 Å². The number of nitriles is 1. The topological polar surface area (TPSA) is 146 Å². The molecule has 0 aromatic carbocycles. The van der Waals surface area contributed by atoms with Crippen LogP contribution in [-0.4, -0.2) is 75.7 Å². The highest BCUT2D eigenvalue weighted by Gasteiger charge is 2.31. The minimum atomic E-state index is -1.36. The molecule has 0 saturated carbocycles. The first-order valence-corrected chi connectivity index (χ1v) is 13.2. The lowest BCUT2D eigenvalue weighted by Crippen LogP contribution is -2.54. The van der Waals surface area contributed by atoms with Crippen LogP contribution < -0.4 is 15.1 Å². The van der Waals surface area contributed by atoms with Crippen molar-refractivity contribution in [1.82, 2.24) is 19.9 Å². The van der Waals surface area contributed by atoms with Gasteiger partial charge in [-0.1, -0.05) is 0 Å². The van der Waals surface area contributed by atoms with Crippen LogP contribution in [0.1, 0.15) is 44.4 Å². The molecule has 2 N–H and O–H groups in total. The van der Waals surface area contributed by atoms with Gasteiger partial charge in [0, 0.05) is 51.3 Å². The molecule has 2 saturated heterocycles. The third-order valence-corrected chi connectivity index (χ3v) is 7.33. The summed E-state index contributed by atoms with van der Waals surface area (Å²) in [5.74, 6) is 2.43. The van der Waals surface area contributed by atoms with E-state index in [-0.39, 0.29) is 5.91 Å². The minimum absolute atomic E-state index is 0.247. The molecule has 0 spiro atoms. The number of fused-ring (bicyclic) bond motifs is 1. The molecule has 200 valence electrons. The Morgan fingerprint density at radius 2 is 1.82 bits per heavy atom. The van der Waals surface area contributed by atoms with Crippen LogP contribution in [0.4, 0.5) is 23.3 Å². The average molecular weight is 519 g/mol. The molecular weight excluding hydrogens is 484 g/mol. The standard InChI is InChI=1S/C26H34N10O2/c1-26(2,38)24(37)35-13-11-34(12-14-35)22-4-3-19(15-28-22)31-23-20-16-29-30-17-21(20)32-25(33-23)36-9-6-18(5-8-27)7-10-36/h3-4,15,18,38H,5-7,9-14,16-17H2,1-2H3,(H,31,32,33). The number of anilines is 4. The van der Waals surface area contributed by atoms with Crippen LogP contribution in [0.2, 0.25) is 0 Å². The van der Waals surface area contributed by atoms with Gasteiger partial charge in [0.15, 0.2) is 0 Å². The minimum Gasteiger partial charge on any atom is -0.381 e. The molecule has 12 heteroatoms. The van der Waals surface area contributed by atoms with Crippen LogP contribution in [0.15, 0.2) is 28.6 Å². The molecule has 3 aliphatic rings. The van der Waals surface area contributed by atoms with Gasteiger partial charge in [0.25, 0.3) is 5.91 Å². The normalized spacial score (nSPS) is 18.2. The number of nitrogens with one attached hydrogen (secondary N) is 1. The van der Waals surface area contributed by atoms with E-state index in [9.17, 15) is 9.90 Å². The highest BCUT2D eigenvalue weighted by Crippen LogP contribution is 2.30. The number of pyridine rings is 1. The molecule has 5 heterocycles. The number of aromatic nitrogens is 3.